The summed E-state index contributed by atoms with van der Waals surface area (Å²) in [5.41, 5.74) is 4.98. The van der Waals surface area contributed by atoms with Gasteiger partial charge in [0.05, 0.1) is 5.69 Å². The molecule has 0 radical (unpaired) electrons. The van der Waals surface area contributed by atoms with Crippen molar-refractivity contribution in [1.29, 1.82) is 0 Å². The van der Waals surface area contributed by atoms with E-state index in [1.165, 1.54) is 17.7 Å². The summed E-state index contributed by atoms with van der Waals surface area (Å²) in [5.74, 6) is 0.445. The third kappa shape index (κ3) is 3.28. The zero-order valence-electron chi connectivity index (χ0n) is 15.5. The predicted octanol–water partition coefficient (Wildman–Crippen LogP) is 6.37. The maximum Gasteiger partial charge on any atom is 0.270 e. The number of nitrogens with zero attached hydrogens (tertiary/aromatic N) is 3. The summed E-state index contributed by atoms with van der Waals surface area (Å²) in [6.45, 7) is 2.08. The van der Waals surface area contributed by atoms with Gasteiger partial charge in [0.2, 0.25) is 5.82 Å². The Hall–Kier alpha value is -3.51. The molecule has 4 nitrogen and oxygen atoms in total. The molecule has 3 aromatic heterocycles. The van der Waals surface area contributed by atoms with Gasteiger partial charge in [-0.1, -0.05) is 47.1 Å². The van der Waals surface area contributed by atoms with Crippen LogP contribution in [0.4, 0.5) is 4.39 Å². The van der Waals surface area contributed by atoms with Gasteiger partial charge in [-0.15, -0.1) is 11.3 Å². The highest BCUT2D eigenvalue weighted by Crippen LogP contribution is 2.41. The van der Waals surface area contributed by atoms with Gasteiger partial charge in [-0.2, -0.15) is 4.98 Å². The number of rotatable bonds is 4. The molecule has 0 fully saturated rings. The van der Waals surface area contributed by atoms with E-state index in [1.807, 2.05) is 24.5 Å². The molecule has 5 rings (SSSR count). The van der Waals surface area contributed by atoms with Crippen molar-refractivity contribution in [2.75, 3.05) is 0 Å². The van der Waals surface area contributed by atoms with Crippen LogP contribution < -0.4 is 0 Å². The molecule has 0 unspecified atom stereocenters. The van der Waals surface area contributed by atoms with Crippen LogP contribution in [0.1, 0.15) is 5.56 Å². The van der Waals surface area contributed by atoms with Crippen molar-refractivity contribution >= 4 is 11.3 Å². The van der Waals surface area contributed by atoms with Crippen LogP contribution >= 0.6 is 11.3 Å². The summed E-state index contributed by atoms with van der Waals surface area (Å²) in [6.07, 6.45) is 3.99. The van der Waals surface area contributed by atoms with Gasteiger partial charge in [-0.05, 0) is 36.8 Å². The van der Waals surface area contributed by atoms with E-state index in [0.29, 0.717) is 17.3 Å². The van der Waals surface area contributed by atoms with Crippen LogP contribution in [0.3, 0.4) is 0 Å². The van der Waals surface area contributed by atoms with E-state index in [-0.39, 0.29) is 5.82 Å². The van der Waals surface area contributed by atoms with Crippen LogP contribution in [0.2, 0.25) is 0 Å². The summed E-state index contributed by atoms with van der Waals surface area (Å²) >= 11 is 1.55. The normalized spacial score (nSPS) is 11.1. The molecule has 142 valence electrons. The van der Waals surface area contributed by atoms with Crippen LogP contribution in [-0.4, -0.2) is 14.7 Å². The largest absolute Gasteiger partial charge is 0.333 e. The lowest BCUT2D eigenvalue weighted by Crippen LogP contribution is -1.93. The first kappa shape index (κ1) is 17.6. The molecule has 6 heteroatoms. The molecule has 0 saturated heterocycles. The topological polar surface area (TPSA) is 43.9 Å². The molecule has 3 heterocycles. The van der Waals surface area contributed by atoms with Gasteiger partial charge in [0.15, 0.2) is 0 Å². The van der Waals surface area contributed by atoms with Gasteiger partial charge < -0.3 is 9.09 Å². The van der Waals surface area contributed by atoms with E-state index in [2.05, 4.69) is 51.3 Å². The second-order valence-electron chi connectivity index (χ2n) is 6.72. The van der Waals surface area contributed by atoms with Crippen LogP contribution in [-0.2, 0) is 0 Å². The molecule has 0 spiro atoms. The van der Waals surface area contributed by atoms with E-state index in [9.17, 15) is 4.39 Å². The summed E-state index contributed by atoms with van der Waals surface area (Å²) < 4.78 is 21.2. The lowest BCUT2D eigenvalue weighted by atomic mass is 10.0. The highest BCUT2D eigenvalue weighted by atomic mass is 32.1. The third-order valence-corrected chi connectivity index (χ3v) is 5.62. The van der Waals surface area contributed by atoms with Crippen molar-refractivity contribution < 1.29 is 8.91 Å². The van der Waals surface area contributed by atoms with Crippen molar-refractivity contribution in [3.63, 3.8) is 0 Å². The fourth-order valence-electron chi connectivity index (χ4n) is 3.32. The molecular formula is C23H16FN3OS. The summed E-state index contributed by atoms with van der Waals surface area (Å²) in [6, 6.07) is 18.5. The Morgan fingerprint density at radius 1 is 0.966 bits per heavy atom. The Morgan fingerprint density at radius 2 is 1.76 bits per heavy atom. The van der Waals surface area contributed by atoms with Crippen molar-refractivity contribution in [2.24, 2.45) is 0 Å². The monoisotopic (exact) mass is 401 g/mol. The van der Waals surface area contributed by atoms with Crippen LogP contribution in [0, 0.1) is 12.7 Å². The summed E-state index contributed by atoms with van der Waals surface area (Å²) in [7, 11) is 0. The minimum atomic E-state index is -0.334. The first-order valence-electron chi connectivity index (χ1n) is 9.11. The Balaban J connectivity index is 1.65. The zero-order chi connectivity index (χ0) is 19.8. The highest BCUT2D eigenvalue weighted by Gasteiger charge is 2.21. The van der Waals surface area contributed by atoms with Gasteiger partial charge in [-0.25, -0.2) is 4.39 Å². The predicted molar refractivity (Wildman–Crippen MR) is 113 cm³/mol. The Labute approximate surface area is 170 Å². The quantitative estimate of drug-likeness (QED) is 0.351. The molecule has 0 aliphatic carbocycles. The minimum Gasteiger partial charge on any atom is -0.333 e. The minimum absolute atomic E-state index is 0.334. The molecular weight excluding hydrogens is 385 g/mol. The molecule has 0 atom stereocenters. The Bertz CT molecular complexity index is 1290. The standard InChI is InChI=1S/C23H16FN3OS/c1-15-6-4-7-16(12-15)19-14-29-21(20(19)27-10-2-3-11-27)23-25-22(26-28-23)17-8-5-9-18(24)13-17/h2-14H,1H3. The Morgan fingerprint density at radius 3 is 2.55 bits per heavy atom. The molecule has 0 bridgehead atoms. The smallest absolute Gasteiger partial charge is 0.270 e. The van der Waals surface area contributed by atoms with E-state index in [0.717, 1.165) is 21.7 Å². The lowest BCUT2D eigenvalue weighted by molar-refractivity contribution is 0.433. The SMILES string of the molecule is Cc1cccc(-c2csc(-c3nc(-c4cccc(F)c4)no3)c2-n2cccc2)c1. The average molecular weight is 401 g/mol. The number of aromatic nitrogens is 3. The van der Waals surface area contributed by atoms with E-state index < -0.39 is 0 Å². The zero-order valence-corrected chi connectivity index (χ0v) is 16.4. The molecule has 5 aromatic rings. The molecule has 0 N–H and O–H groups in total. The van der Waals surface area contributed by atoms with Crippen LogP contribution in [0.5, 0.6) is 0 Å². The maximum atomic E-state index is 13.6. The number of aryl methyl sites for hydroxylation is 1. The second kappa shape index (κ2) is 7.14. The number of thiophene rings is 1. The van der Waals surface area contributed by atoms with Gasteiger partial charge in [0, 0.05) is 28.9 Å². The summed E-state index contributed by atoms with van der Waals surface area (Å²) in [4.78, 5) is 5.41. The molecule has 0 amide bonds. The number of hydrogen-bond donors (Lipinski definition) is 0. The van der Waals surface area contributed by atoms with E-state index in [1.54, 1.807) is 23.5 Å². The van der Waals surface area contributed by atoms with Crippen LogP contribution in [0.25, 0.3) is 39.0 Å². The molecule has 0 aliphatic rings. The van der Waals surface area contributed by atoms with Crippen molar-refractivity contribution in [3.05, 3.63) is 89.8 Å². The molecule has 29 heavy (non-hydrogen) atoms. The molecule has 0 aliphatic heterocycles. The number of benzene rings is 2. The average Bonchev–Trinajstić information content (AvgIpc) is 3.46. The van der Waals surface area contributed by atoms with Crippen molar-refractivity contribution in [1.82, 2.24) is 14.7 Å². The van der Waals surface area contributed by atoms with E-state index >= 15 is 0 Å². The van der Waals surface area contributed by atoms with E-state index in [4.69, 9.17) is 4.52 Å². The van der Waals surface area contributed by atoms with Gasteiger partial charge in [0.25, 0.3) is 5.89 Å². The van der Waals surface area contributed by atoms with Crippen molar-refractivity contribution in [3.8, 4) is 39.0 Å². The number of halogens is 1. The van der Waals surface area contributed by atoms with Gasteiger partial charge in [0.1, 0.15) is 10.7 Å². The Kier molecular flexibility index (Phi) is 4.33. The first-order chi connectivity index (χ1) is 14.2. The summed E-state index contributed by atoms with van der Waals surface area (Å²) in [5, 5.41) is 6.17. The van der Waals surface area contributed by atoms with Crippen molar-refractivity contribution in [2.45, 2.75) is 6.92 Å². The van der Waals surface area contributed by atoms with Gasteiger partial charge in [-0.3, -0.25) is 0 Å². The number of hydrogen-bond acceptors (Lipinski definition) is 4. The molecule has 0 saturated carbocycles. The highest BCUT2D eigenvalue weighted by molar-refractivity contribution is 7.14. The fraction of sp³-hybridized carbons (Fsp3) is 0.0435. The lowest BCUT2D eigenvalue weighted by Gasteiger charge is -2.08. The first-order valence-corrected chi connectivity index (χ1v) is 9.99. The van der Waals surface area contributed by atoms with Gasteiger partial charge >= 0.3 is 0 Å². The maximum absolute atomic E-state index is 13.6. The molecule has 2 aromatic carbocycles. The third-order valence-electron chi connectivity index (χ3n) is 4.66. The fourth-order valence-corrected chi connectivity index (χ4v) is 4.32. The second-order valence-corrected chi connectivity index (χ2v) is 7.60. The van der Waals surface area contributed by atoms with Crippen LogP contribution in [0.15, 0.2) is 83.0 Å².